The van der Waals surface area contributed by atoms with E-state index in [1.807, 2.05) is 23.9 Å². The SMILES string of the molecule is Cc1ccn(CCCS)n1. The Morgan fingerprint density at radius 3 is 3.00 bits per heavy atom. The lowest BCUT2D eigenvalue weighted by Crippen LogP contribution is -1.98. The molecule has 0 spiro atoms. The van der Waals surface area contributed by atoms with Gasteiger partial charge in [-0.3, -0.25) is 4.68 Å². The van der Waals surface area contributed by atoms with E-state index in [1.54, 1.807) is 0 Å². The summed E-state index contributed by atoms with van der Waals surface area (Å²) in [5.74, 6) is 0.929. The van der Waals surface area contributed by atoms with E-state index in [0.717, 1.165) is 24.4 Å². The average molecular weight is 156 g/mol. The first-order chi connectivity index (χ1) is 4.83. The minimum absolute atomic E-state index is 0.929. The Kier molecular flexibility index (Phi) is 2.81. The summed E-state index contributed by atoms with van der Waals surface area (Å²) < 4.78 is 1.95. The summed E-state index contributed by atoms with van der Waals surface area (Å²) in [6.45, 7) is 2.98. The molecule has 56 valence electrons. The van der Waals surface area contributed by atoms with E-state index in [1.165, 1.54) is 0 Å². The quantitative estimate of drug-likeness (QED) is 0.657. The molecule has 0 aliphatic heterocycles. The number of nitrogens with zero attached hydrogens (tertiary/aromatic N) is 2. The molecule has 2 nitrogen and oxygen atoms in total. The van der Waals surface area contributed by atoms with Crippen molar-refractivity contribution in [2.24, 2.45) is 0 Å². The van der Waals surface area contributed by atoms with Crippen LogP contribution in [-0.4, -0.2) is 15.5 Å². The second-order valence-electron chi connectivity index (χ2n) is 2.30. The van der Waals surface area contributed by atoms with Crippen molar-refractivity contribution in [3.8, 4) is 0 Å². The molecule has 1 aromatic rings. The van der Waals surface area contributed by atoms with E-state index in [0.29, 0.717) is 0 Å². The standard InChI is InChI=1S/C7H12N2S/c1-7-3-5-9(8-7)4-2-6-10/h3,5,10H,2,4,6H2,1H3. The smallest absolute Gasteiger partial charge is 0.0593 e. The molecule has 0 saturated heterocycles. The summed E-state index contributed by atoms with van der Waals surface area (Å²) in [6.07, 6.45) is 3.09. The zero-order chi connectivity index (χ0) is 7.40. The number of rotatable bonds is 3. The van der Waals surface area contributed by atoms with Crippen LogP contribution in [-0.2, 0) is 6.54 Å². The highest BCUT2D eigenvalue weighted by Gasteiger charge is 1.90. The molecule has 0 N–H and O–H groups in total. The van der Waals surface area contributed by atoms with Crippen LogP contribution >= 0.6 is 12.6 Å². The number of thiol groups is 1. The van der Waals surface area contributed by atoms with Crippen molar-refractivity contribution in [3.05, 3.63) is 18.0 Å². The summed E-state index contributed by atoms with van der Waals surface area (Å²) >= 11 is 4.12. The molecule has 0 aliphatic rings. The van der Waals surface area contributed by atoms with Crippen LogP contribution in [0.5, 0.6) is 0 Å². The van der Waals surface area contributed by atoms with Crippen molar-refractivity contribution in [1.29, 1.82) is 0 Å². The summed E-state index contributed by atoms with van der Waals surface area (Å²) in [6, 6.07) is 2.01. The zero-order valence-corrected chi connectivity index (χ0v) is 7.01. The molecule has 1 aromatic heterocycles. The van der Waals surface area contributed by atoms with E-state index in [2.05, 4.69) is 17.7 Å². The minimum Gasteiger partial charge on any atom is -0.272 e. The fourth-order valence-electron chi connectivity index (χ4n) is 0.820. The molecular weight excluding hydrogens is 144 g/mol. The van der Waals surface area contributed by atoms with Gasteiger partial charge < -0.3 is 0 Å². The largest absolute Gasteiger partial charge is 0.272 e. The summed E-state index contributed by atoms with van der Waals surface area (Å²) in [5, 5.41) is 4.23. The Bertz CT molecular complexity index is 195. The van der Waals surface area contributed by atoms with Crippen LogP contribution in [0.1, 0.15) is 12.1 Å². The average Bonchev–Trinajstić information content (AvgIpc) is 2.31. The summed E-state index contributed by atoms with van der Waals surface area (Å²) in [4.78, 5) is 0. The van der Waals surface area contributed by atoms with E-state index in [-0.39, 0.29) is 0 Å². The third kappa shape index (κ3) is 2.06. The van der Waals surface area contributed by atoms with E-state index in [9.17, 15) is 0 Å². The first-order valence-corrected chi connectivity index (χ1v) is 4.07. The topological polar surface area (TPSA) is 17.8 Å². The maximum absolute atomic E-state index is 4.23. The van der Waals surface area contributed by atoms with Gasteiger partial charge >= 0.3 is 0 Å². The predicted molar refractivity (Wildman–Crippen MR) is 45.4 cm³/mol. The van der Waals surface area contributed by atoms with Crippen LogP contribution in [0.2, 0.25) is 0 Å². The maximum atomic E-state index is 4.23. The van der Waals surface area contributed by atoms with Gasteiger partial charge in [-0.1, -0.05) is 0 Å². The van der Waals surface area contributed by atoms with Gasteiger partial charge in [0.25, 0.3) is 0 Å². The second-order valence-corrected chi connectivity index (χ2v) is 2.74. The van der Waals surface area contributed by atoms with Crippen molar-refractivity contribution in [2.75, 3.05) is 5.75 Å². The van der Waals surface area contributed by atoms with Crippen molar-refractivity contribution >= 4 is 12.6 Å². The molecule has 1 rings (SSSR count). The van der Waals surface area contributed by atoms with Crippen LogP contribution in [0.15, 0.2) is 12.3 Å². The third-order valence-electron chi connectivity index (χ3n) is 1.32. The Balaban J connectivity index is 2.42. The lowest BCUT2D eigenvalue weighted by molar-refractivity contribution is 0.602. The van der Waals surface area contributed by atoms with Gasteiger partial charge in [0.05, 0.1) is 5.69 Å². The first-order valence-electron chi connectivity index (χ1n) is 3.44. The van der Waals surface area contributed by atoms with Gasteiger partial charge in [0, 0.05) is 12.7 Å². The van der Waals surface area contributed by atoms with E-state index >= 15 is 0 Å². The molecule has 0 bridgehead atoms. The van der Waals surface area contributed by atoms with Gasteiger partial charge in [-0.15, -0.1) is 0 Å². The molecule has 0 unspecified atom stereocenters. The van der Waals surface area contributed by atoms with Gasteiger partial charge in [0.1, 0.15) is 0 Å². The van der Waals surface area contributed by atoms with Crippen LogP contribution in [0.25, 0.3) is 0 Å². The van der Waals surface area contributed by atoms with Crippen molar-refractivity contribution < 1.29 is 0 Å². The number of hydrogen-bond donors (Lipinski definition) is 1. The zero-order valence-electron chi connectivity index (χ0n) is 6.12. The molecule has 0 radical (unpaired) electrons. The minimum atomic E-state index is 0.929. The first kappa shape index (κ1) is 7.66. The Morgan fingerprint density at radius 2 is 2.50 bits per heavy atom. The Hall–Kier alpha value is -0.440. The second kappa shape index (κ2) is 3.66. The highest BCUT2D eigenvalue weighted by molar-refractivity contribution is 7.80. The molecule has 3 heteroatoms. The van der Waals surface area contributed by atoms with Crippen LogP contribution in [0.4, 0.5) is 0 Å². The molecule has 0 amide bonds. The summed E-state index contributed by atoms with van der Waals surface area (Å²) in [5.41, 5.74) is 1.08. The Labute approximate surface area is 66.7 Å². The molecular formula is C7H12N2S. The number of aryl methyl sites for hydroxylation is 2. The summed E-state index contributed by atoms with van der Waals surface area (Å²) in [7, 11) is 0. The molecule has 0 atom stereocenters. The van der Waals surface area contributed by atoms with E-state index < -0.39 is 0 Å². The van der Waals surface area contributed by atoms with E-state index in [4.69, 9.17) is 0 Å². The molecule has 1 heterocycles. The maximum Gasteiger partial charge on any atom is 0.0593 e. The van der Waals surface area contributed by atoms with Crippen LogP contribution in [0.3, 0.4) is 0 Å². The van der Waals surface area contributed by atoms with Gasteiger partial charge in [-0.25, -0.2) is 0 Å². The van der Waals surface area contributed by atoms with Crippen molar-refractivity contribution in [2.45, 2.75) is 19.9 Å². The highest BCUT2D eigenvalue weighted by atomic mass is 32.1. The fraction of sp³-hybridized carbons (Fsp3) is 0.571. The lowest BCUT2D eigenvalue weighted by atomic mass is 10.5. The molecule has 0 aromatic carbocycles. The van der Waals surface area contributed by atoms with Crippen molar-refractivity contribution in [1.82, 2.24) is 9.78 Å². The Morgan fingerprint density at radius 1 is 1.70 bits per heavy atom. The van der Waals surface area contributed by atoms with Gasteiger partial charge in [0.2, 0.25) is 0 Å². The van der Waals surface area contributed by atoms with Gasteiger partial charge in [-0.2, -0.15) is 17.7 Å². The third-order valence-corrected chi connectivity index (χ3v) is 1.64. The predicted octanol–water partition coefficient (Wildman–Crippen LogP) is 1.51. The monoisotopic (exact) mass is 156 g/mol. The number of hydrogen-bond acceptors (Lipinski definition) is 2. The highest BCUT2D eigenvalue weighted by Crippen LogP contribution is 1.94. The van der Waals surface area contributed by atoms with Crippen molar-refractivity contribution in [3.63, 3.8) is 0 Å². The normalized spacial score (nSPS) is 10.2. The lowest BCUT2D eigenvalue weighted by Gasteiger charge is -1.96. The van der Waals surface area contributed by atoms with Gasteiger partial charge in [0.15, 0.2) is 0 Å². The fourth-order valence-corrected chi connectivity index (χ4v) is 0.962. The number of aromatic nitrogens is 2. The van der Waals surface area contributed by atoms with Crippen LogP contribution < -0.4 is 0 Å². The molecule has 0 aliphatic carbocycles. The van der Waals surface area contributed by atoms with Crippen LogP contribution in [0, 0.1) is 6.92 Å². The molecule has 0 fully saturated rings. The molecule has 0 saturated carbocycles. The molecule has 10 heavy (non-hydrogen) atoms. The van der Waals surface area contributed by atoms with Gasteiger partial charge in [-0.05, 0) is 25.2 Å².